The molecule has 4 heteroatoms. The Morgan fingerprint density at radius 1 is 1.21 bits per heavy atom. The van der Waals surface area contributed by atoms with E-state index in [2.05, 4.69) is 0 Å². The molecular weight excluding hydrogens is 240 g/mol. The van der Waals surface area contributed by atoms with Crippen LogP contribution in [0.3, 0.4) is 0 Å². The van der Waals surface area contributed by atoms with Crippen LogP contribution < -0.4 is 10.6 Å². The molecule has 0 aliphatic rings. The van der Waals surface area contributed by atoms with Gasteiger partial charge < -0.3 is 15.7 Å². The minimum Gasteiger partial charge on any atom is -0.508 e. The zero-order valence-electron chi connectivity index (χ0n) is 10.7. The van der Waals surface area contributed by atoms with Crippen LogP contribution in [-0.4, -0.2) is 18.1 Å². The van der Waals surface area contributed by atoms with Crippen molar-refractivity contribution in [1.82, 2.24) is 0 Å². The van der Waals surface area contributed by atoms with Gasteiger partial charge >= 0.3 is 0 Å². The van der Waals surface area contributed by atoms with Crippen LogP contribution in [0.4, 0.5) is 11.4 Å². The molecule has 0 unspecified atom stereocenters. The fourth-order valence-corrected chi connectivity index (χ4v) is 1.89. The third kappa shape index (κ3) is 3.04. The normalized spacial score (nSPS) is 10.2. The smallest absolute Gasteiger partial charge is 0.231 e. The summed E-state index contributed by atoms with van der Waals surface area (Å²) in [5, 5.41) is 9.38. The standard InChI is InChI=1S/C15H16N2O2/c1-17(14-8-3-2-7-13(14)16)15(19)10-11-5-4-6-12(18)9-11/h2-9,18H,10,16H2,1H3. The molecule has 1 amide bonds. The van der Waals surface area contributed by atoms with E-state index >= 15 is 0 Å². The summed E-state index contributed by atoms with van der Waals surface area (Å²) in [5.74, 6) is 0.0793. The number of likely N-dealkylation sites (N-methyl/N-ethyl adjacent to an activating group) is 1. The van der Waals surface area contributed by atoms with Crippen molar-refractivity contribution in [3.63, 3.8) is 0 Å². The number of benzene rings is 2. The van der Waals surface area contributed by atoms with Crippen molar-refractivity contribution in [2.75, 3.05) is 17.7 Å². The summed E-state index contributed by atoms with van der Waals surface area (Å²) in [6.45, 7) is 0. The summed E-state index contributed by atoms with van der Waals surface area (Å²) in [6.07, 6.45) is 0.221. The van der Waals surface area contributed by atoms with Gasteiger partial charge in [0.15, 0.2) is 0 Å². The molecule has 0 aliphatic heterocycles. The molecule has 3 N–H and O–H groups in total. The molecule has 0 heterocycles. The molecule has 4 nitrogen and oxygen atoms in total. The van der Waals surface area contributed by atoms with Crippen LogP contribution in [0.15, 0.2) is 48.5 Å². The van der Waals surface area contributed by atoms with Crippen LogP contribution in [-0.2, 0) is 11.2 Å². The number of aromatic hydroxyl groups is 1. The molecule has 0 fully saturated rings. The van der Waals surface area contributed by atoms with Gasteiger partial charge in [-0.1, -0.05) is 24.3 Å². The Bertz CT molecular complexity index is 596. The Hall–Kier alpha value is -2.49. The lowest BCUT2D eigenvalue weighted by molar-refractivity contribution is -0.117. The molecule has 0 saturated heterocycles. The van der Waals surface area contributed by atoms with Gasteiger partial charge in [-0.15, -0.1) is 0 Å². The van der Waals surface area contributed by atoms with Gasteiger partial charge in [-0.3, -0.25) is 4.79 Å². The summed E-state index contributed by atoms with van der Waals surface area (Å²) in [6, 6.07) is 13.9. The highest BCUT2D eigenvalue weighted by Crippen LogP contribution is 2.22. The number of para-hydroxylation sites is 2. The van der Waals surface area contributed by atoms with E-state index in [0.717, 1.165) is 5.56 Å². The summed E-state index contributed by atoms with van der Waals surface area (Å²) >= 11 is 0. The number of rotatable bonds is 3. The highest BCUT2D eigenvalue weighted by atomic mass is 16.3. The largest absolute Gasteiger partial charge is 0.508 e. The van der Waals surface area contributed by atoms with Crippen LogP contribution in [0.5, 0.6) is 5.75 Å². The maximum absolute atomic E-state index is 12.2. The molecule has 19 heavy (non-hydrogen) atoms. The number of phenols is 1. The van der Waals surface area contributed by atoms with E-state index in [1.807, 2.05) is 12.1 Å². The van der Waals surface area contributed by atoms with Crippen molar-refractivity contribution < 1.29 is 9.90 Å². The average Bonchev–Trinajstić information content (AvgIpc) is 2.38. The second kappa shape index (κ2) is 5.44. The number of nitrogens with two attached hydrogens (primary N) is 1. The fraction of sp³-hybridized carbons (Fsp3) is 0.133. The molecule has 2 rings (SSSR count). The number of hydrogen-bond donors (Lipinski definition) is 2. The van der Waals surface area contributed by atoms with Gasteiger partial charge in [-0.25, -0.2) is 0 Å². The van der Waals surface area contributed by atoms with Crippen molar-refractivity contribution >= 4 is 17.3 Å². The third-order valence-electron chi connectivity index (χ3n) is 2.94. The number of carbonyl (C=O) groups excluding carboxylic acids is 1. The lowest BCUT2D eigenvalue weighted by atomic mass is 10.1. The first-order valence-corrected chi connectivity index (χ1v) is 5.97. The van der Waals surface area contributed by atoms with E-state index in [0.29, 0.717) is 11.4 Å². The van der Waals surface area contributed by atoms with Gasteiger partial charge in [0, 0.05) is 7.05 Å². The van der Waals surface area contributed by atoms with E-state index < -0.39 is 0 Å². The monoisotopic (exact) mass is 256 g/mol. The quantitative estimate of drug-likeness (QED) is 0.827. The van der Waals surface area contributed by atoms with Gasteiger partial charge in [-0.2, -0.15) is 0 Å². The van der Waals surface area contributed by atoms with Gasteiger partial charge in [0.2, 0.25) is 5.91 Å². The lowest BCUT2D eigenvalue weighted by Gasteiger charge is -2.19. The number of nitrogen functional groups attached to an aromatic ring is 1. The SMILES string of the molecule is CN(C(=O)Cc1cccc(O)c1)c1ccccc1N. The Balaban J connectivity index is 2.14. The zero-order valence-corrected chi connectivity index (χ0v) is 10.7. The second-order valence-electron chi connectivity index (χ2n) is 4.36. The number of carbonyl (C=O) groups is 1. The molecule has 0 saturated carbocycles. The number of nitrogens with zero attached hydrogens (tertiary/aromatic N) is 1. The predicted octanol–water partition coefficient (Wildman–Crippen LogP) is 2.18. The van der Waals surface area contributed by atoms with Gasteiger partial charge in [0.25, 0.3) is 0 Å². The fourth-order valence-electron chi connectivity index (χ4n) is 1.89. The molecule has 0 aromatic heterocycles. The first-order valence-electron chi connectivity index (χ1n) is 5.97. The van der Waals surface area contributed by atoms with Crippen LogP contribution in [0.25, 0.3) is 0 Å². The van der Waals surface area contributed by atoms with Gasteiger partial charge in [-0.05, 0) is 29.8 Å². The van der Waals surface area contributed by atoms with Gasteiger partial charge in [0.1, 0.15) is 5.75 Å². The van der Waals surface area contributed by atoms with Crippen molar-refractivity contribution in [2.45, 2.75) is 6.42 Å². The van der Waals surface area contributed by atoms with E-state index in [4.69, 9.17) is 5.73 Å². The van der Waals surface area contributed by atoms with E-state index in [1.165, 1.54) is 4.90 Å². The molecular formula is C15H16N2O2. The second-order valence-corrected chi connectivity index (χ2v) is 4.36. The minimum atomic E-state index is -0.0801. The molecule has 0 radical (unpaired) electrons. The Kier molecular flexibility index (Phi) is 3.71. The first kappa shape index (κ1) is 13.0. The predicted molar refractivity (Wildman–Crippen MR) is 76.1 cm³/mol. The number of amides is 1. The topological polar surface area (TPSA) is 66.6 Å². The van der Waals surface area contributed by atoms with Crippen LogP contribution in [0.1, 0.15) is 5.56 Å². The zero-order chi connectivity index (χ0) is 13.8. The van der Waals surface area contributed by atoms with Crippen molar-refractivity contribution in [1.29, 1.82) is 0 Å². The summed E-state index contributed by atoms with van der Waals surface area (Å²) in [7, 11) is 1.69. The van der Waals surface area contributed by atoms with Gasteiger partial charge in [0.05, 0.1) is 17.8 Å². The molecule has 0 spiro atoms. The van der Waals surface area contributed by atoms with E-state index in [1.54, 1.807) is 43.4 Å². The molecule has 2 aromatic carbocycles. The molecule has 2 aromatic rings. The molecule has 98 valence electrons. The lowest BCUT2D eigenvalue weighted by Crippen LogP contribution is -2.28. The highest BCUT2D eigenvalue weighted by molar-refractivity contribution is 5.96. The summed E-state index contributed by atoms with van der Waals surface area (Å²) in [5.41, 5.74) is 7.86. The van der Waals surface area contributed by atoms with Crippen LogP contribution in [0, 0.1) is 0 Å². The third-order valence-corrected chi connectivity index (χ3v) is 2.94. The first-order chi connectivity index (χ1) is 9.08. The Morgan fingerprint density at radius 3 is 2.63 bits per heavy atom. The maximum Gasteiger partial charge on any atom is 0.231 e. The van der Waals surface area contributed by atoms with Crippen molar-refractivity contribution in [3.05, 3.63) is 54.1 Å². The summed E-state index contributed by atoms with van der Waals surface area (Å²) < 4.78 is 0. The molecule has 0 atom stereocenters. The molecule has 0 aliphatic carbocycles. The highest BCUT2D eigenvalue weighted by Gasteiger charge is 2.13. The Morgan fingerprint density at radius 2 is 1.95 bits per heavy atom. The average molecular weight is 256 g/mol. The van der Waals surface area contributed by atoms with Crippen molar-refractivity contribution in [3.8, 4) is 5.75 Å². The maximum atomic E-state index is 12.2. The number of hydrogen-bond acceptors (Lipinski definition) is 3. The minimum absolute atomic E-state index is 0.0801. The number of anilines is 2. The van der Waals surface area contributed by atoms with E-state index in [-0.39, 0.29) is 18.1 Å². The van der Waals surface area contributed by atoms with Crippen LogP contribution >= 0.6 is 0 Å². The van der Waals surface area contributed by atoms with E-state index in [9.17, 15) is 9.90 Å². The Labute approximate surface area is 112 Å². The number of phenolic OH excluding ortho intramolecular Hbond substituents is 1. The molecule has 0 bridgehead atoms. The van der Waals surface area contributed by atoms with Crippen LogP contribution in [0.2, 0.25) is 0 Å². The summed E-state index contributed by atoms with van der Waals surface area (Å²) in [4.78, 5) is 13.7. The van der Waals surface area contributed by atoms with Crippen molar-refractivity contribution in [2.24, 2.45) is 0 Å².